The zero-order valence-electron chi connectivity index (χ0n) is 42.0. The van der Waals surface area contributed by atoms with Crippen molar-refractivity contribution in [1.29, 1.82) is 0 Å². The quantitative estimate of drug-likeness (QED) is 0.159. The molecule has 2 heterocycles. The maximum atomic E-state index is 5.47. The molecule has 1 aromatic heterocycles. The van der Waals surface area contributed by atoms with Gasteiger partial charge in [-0.3, -0.25) is 4.98 Å². The van der Waals surface area contributed by atoms with Gasteiger partial charge < -0.3 is 9.80 Å². The first-order valence-electron chi connectivity index (χ1n) is 25.8. The minimum Gasteiger partial charge on any atom is -0.359 e. The smallest absolute Gasteiger partial charge is 0.119 e. The summed E-state index contributed by atoms with van der Waals surface area (Å²) in [5.74, 6) is 0. The highest BCUT2D eigenvalue weighted by Gasteiger charge is 2.54. The van der Waals surface area contributed by atoms with E-state index in [2.05, 4.69) is 269 Å². The number of hydrogen-bond donors (Lipinski definition) is 0. The molecule has 0 spiro atoms. The van der Waals surface area contributed by atoms with E-state index in [1.165, 1.54) is 123 Å². The van der Waals surface area contributed by atoms with Gasteiger partial charge in [-0.25, -0.2) is 0 Å². The first kappa shape index (κ1) is 43.3. The molecule has 0 unspecified atom stereocenters. The number of rotatable bonds is 7. The van der Waals surface area contributed by atoms with Crippen molar-refractivity contribution in [1.82, 2.24) is 14.8 Å². The van der Waals surface area contributed by atoms with Crippen molar-refractivity contribution in [2.75, 3.05) is 13.7 Å². The van der Waals surface area contributed by atoms with E-state index in [0.717, 1.165) is 12.4 Å². The fourth-order valence-electron chi connectivity index (χ4n) is 14.2. The van der Waals surface area contributed by atoms with Crippen molar-refractivity contribution in [3.63, 3.8) is 0 Å². The van der Waals surface area contributed by atoms with Gasteiger partial charge in [0.05, 0.1) is 23.2 Å². The van der Waals surface area contributed by atoms with E-state index in [1.54, 1.807) is 0 Å². The molecule has 0 saturated heterocycles. The Morgan fingerprint density at radius 2 is 0.753 bits per heavy atom. The lowest BCUT2D eigenvalue weighted by Crippen LogP contribution is -2.46. The van der Waals surface area contributed by atoms with Gasteiger partial charge in [0, 0.05) is 24.6 Å². The maximum Gasteiger partial charge on any atom is 0.119 e. The lowest BCUT2D eigenvalue weighted by Gasteiger charge is -2.44. The summed E-state index contributed by atoms with van der Waals surface area (Å²) < 4.78 is 0. The van der Waals surface area contributed by atoms with E-state index in [9.17, 15) is 0 Å². The number of hydrogen-bond acceptors (Lipinski definition) is 3. The van der Waals surface area contributed by atoms with Gasteiger partial charge in [0.25, 0.3) is 0 Å². The van der Waals surface area contributed by atoms with E-state index in [1.807, 2.05) is 6.20 Å². The highest BCUT2D eigenvalue weighted by Crippen LogP contribution is 2.62. The molecule has 0 fully saturated rings. The van der Waals surface area contributed by atoms with Crippen LogP contribution in [0.4, 0.5) is 0 Å². The van der Waals surface area contributed by atoms with Gasteiger partial charge in [0.1, 0.15) is 5.54 Å². The molecular weight excluding hydrogens is 883 g/mol. The molecule has 3 nitrogen and oxygen atoms in total. The highest BCUT2D eigenvalue weighted by atomic mass is 15.4. The van der Waals surface area contributed by atoms with E-state index in [4.69, 9.17) is 4.98 Å². The number of nitrogens with zero attached hydrogens (tertiary/aromatic N) is 3. The van der Waals surface area contributed by atoms with Crippen LogP contribution in [0.3, 0.4) is 0 Å². The Bertz CT molecular complexity index is 3790. The molecule has 73 heavy (non-hydrogen) atoms. The molecule has 0 saturated carbocycles. The van der Waals surface area contributed by atoms with Crippen LogP contribution in [0, 0.1) is 13.8 Å². The van der Waals surface area contributed by atoms with Gasteiger partial charge in [0.15, 0.2) is 0 Å². The fraction of sp³-hybridized carbons (Fsp3) is 0.129. The number of allylic oxidation sites excluding steroid dienone is 2. The second-order valence-electron chi connectivity index (χ2n) is 20.8. The van der Waals surface area contributed by atoms with Gasteiger partial charge in [-0.15, -0.1) is 0 Å². The number of aryl methyl sites for hydroxylation is 2. The summed E-state index contributed by atoms with van der Waals surface area (Å²) in [5, 5.41) is 0. The number of fused-ring (bicyclic) bond motifs is 9. The van der Waals surface area contributed by atoms with Crippen molar-refractivity contribution in [2.24, 2.45) is 0 Å². The Labute approximate surface area is 429 Å². The second-order valence-corrected chi connectivity index (χ2v) is 20.8. The average molecular weight is 938 g/mol. The minimum absolute atomic E-state index is 0.604. The summed E-state index contributed by atoms with van der Waals surface area (Å²) in [5.41, 5.74) is 26.7. The SMILES string of the molecule is CC1=C(C)N(C2(c3cccc(C4(c5cccc(C6(c7cc(-c8c(C)cccc8C)ccn7)c7ccccc7-c7ccccc76)c5)c5ccccc5-c5ccccc54)c3)c3ccccc3-c3ccccc32)CN1C. The van der Waals surface area contributed by atoms with E-state index >= 15 is 0 Å². The lowest BCUT2D eigenvalue weighted by atomic mass is 9.64. The molecule has 0 bridgehead atoms. The van der Waals surface area contributed by atoms with E-state index in [0.29, 0.717) is 0 Å². The third-order valence-electron chi connectivity index (χ3n) is 17.4. The molecule has 0 N–H and O–H groups in total. The summed E-state index contributed by atoms with van der Waals surface area (Å²) in [4.78, 5) is 10.6. The first-order valence-corrected chi connectivity index (χ1v) is 25.8. The Balaban J connectivity index is 1.07. The molecule has 0 amide bonds. The molecule has 3 aliphatic carbocycles. The monoisotopic (exact) mass is 937 g/mol. The molecule has 1 aliphatic heterocycles. The molecule has 4 aliphatic rings. The van der Waals surface area contributed by atoms with Crippen LogP contribution >= 0.6 is 0 Å². The minimum atomic E-state index is -0.735. The van der Waals surface area contributed by atoms with Crippen molar-refractivity contribution in [2.45, 2.75) is 44.1 Å². The molecule has 9 aromatic carbocycles. The van der Waals surface area contributed by atoms with Gasteiger partial charge in [-0.05, 0) is 151 Å². The van der Waals surface area contributed by atoms with Crippen LogP contribution in [-0.2, 0) is 16.4 Å². The molecular formula is C70H55N3. The summed E-state index contributed by atoms with van der Waals surface area (Å²) >= 11 is 0. The third kappa shape index (κ3) is 5.68. The van der Waals surface area contributed by atoms with Crippen LogP contribution in [0.25, 0.3) is 44.5 Å². The zero-order chi connectivity index (χ0) is 49.2. The average Bonchev–Trinajstić information content (AvgIpc) is 4.11. The lowest BCUT2D eigenvalue weighted by molar-refractivity contribution is 0.181. The van der Waals surface area contributed by atoms with E-state index < -0.39 is 16.4 Å². The number of pyridine rings is 1. The van der Waals surface area contributed by atoms with Crippen LogP contribution < -0.4 is 0 Å². The van der Waals surface area contributed by atoms with Crippen molar-refractivity contribution < 1.29 is 0 Å². The van der Waals surface area contributed by atoms with Gasteiger partial charge in [0.2, 0.25) is 0 Å². The highest BCUT2D eigenvalue weighted by molar-refractivity contribution is 5.90. The topological polar surface area (TPSA) is 19.4 Å². The second kappa shape index (κ2) is 16.0. The normalized spacial score (nSPS) is 15.9. The molecule has 0 radical (unpaired) electrons. The summed E-state index contributed by atoms with van der Waals surface area (Å²) in [6, 6.07) is 85.2. The van der Waals surface area contributed by atoms with Gasteiger partial charge >= 0.3 is 0 Å². The van der Waals surface area contributed by atoms with Gasteiger partial charge in [-0.2, -0.15) is 0 Å². The van der Waals surface area contributed by atoms with Crippen LogP contribution in [0.2, 0.25) is 0 Å². The predicted molar refractivity (Wildman–Crippen MR) is 298 cm³/mol. The van der Waals surface area contributed by atoms with Crippen LogP contribution in [0.5, 0.6) is 0 Å². The maximum absolute atomic E-state index is 5.47. The van der Waals surface area contributed by atoms with Crippen LogP contribution in [0.15, 0.2) is 242 Å². The Kier molecular flexibility index (Phi) is 9.48. The zero-order valence-corrected chi connectivity index (χ0v) is 42.0. The fourth-order valence-corrected chi connectivity index (χ4v) is 14.2. The van der Waals surface area contributed by atoms with E-state index in [-0.39, 0.29) is 0 Å². The summed E-state index contributed by atoms with van der Waals surface area (Å²) in [7, 11) is 2.23. The first-order chi connectivity index (χ1) is 35.8. The summed E-state index contributed by atoms with van der Waals surface area (Å²) in [6.45, 7) is 9.80. The number of aromatic nitrogens is 1. The van der Waals surface area contributed by atoms with Crippen molar-refractivity contribution >= 4 is 0 Å². The third-order valence-corrected chi connectivity index (χ3v) is 17.4. The largest absolute Gasteiger partial charge is 0.359 e. The Morgan fingerprint density at radius 1 is 0.370 bits per heavy atom. The predicted octanol–water partition coefficient (Wildman–Crippen LogP) is 15.8. The molecule has 14 rings (SSSR count). The Morgan fingerprint density at radius 3 is 1.22 bits per heavy atom. The molecule has 3 heteroatoms. The summed E-state index contributed by atoms with van der Waals surface area (Å²) in [6.07, 6.45) is 2.04. The molecule has 10 aromatic rings. The van der Waals surface area contributed by atoms with Gasteiger partial charge in [-0.1, -0.05) is 212 Å². The van der Waals surface area contributed by atoms with Crippen LogP contribution in [0.1, 0.15) is 86.3 Å². The molecule has 0 atom stereocenters. The Hall–Kier alpha value is -8.53. The molecule has 350 valence electrons. The van der Waals surface area contributed by atoms with Crippen LogP contribution in [-0.4, -0.2) is 28.5 Å². The number of benzene rings is 9. The van der Waals surface area contributed by atoms with Crippen molar-refractivity contribution in [3.05, 3.63) is 315 Å². The standard InChI is InChI=1S/C70H55N3/c1-45-21-18-22-46(2)67(45)49-39-40-71-66(41-49)69(62-35-14-8-29-56(62)57-30-9-15-36-63(57)69)52-25-19-23-50(42-52)68(60-33-12-6-27-54(60)55-28-7-13-34-61(55)68)51-24-20-26-53(43-51)70(73-44-72(5)47(3)48(73)4)64-37-16-10-31-58(64)59-32-11-17-38-65(59)70/h6-43H,44H2,1-5H3. The van der Waals surface area contributed by atoms with Crippen molar-refractivity contribution in [3.8, 4) is 44.5 Å².